The summed E-state index contributed by atoms with van der Waals surface area (Å²) in [7, 11) is 0. The Morgan fingerprint density at radius 3 is 2.81 bits per heavy atom. The van der Waals surface area contributed by atoms with Crippen molar-refractivity contribution in [1.82, 2.24) is 5.32 Å². The van der Waals surface area contributed by atoms with Gasteiger partial charge in [-0.25, -0.2) is 0 Å². The fourth-order valence-electron chi connectivity index (χ4n) is 2.93. The Hall–Kier alpha value is -1.75. The number of ether oxygens (including phenoxy) is 2. The molecule has 5 nitrogen and oxygen atoms in total. The maximum Gasteiger partial charge on any atom is 0.217 e. The predicted molar refractivity (Wildman–Crippen MR) is 80.7 cm³/mol. The van der Waals surface area contributed by atoms with Gasteiger partial charge >= 0.3 is 0 Å². The zero-order chi connectivity index (χ0) is 14.7. The smallest absolute Gasteiger partial charge is 0.217 e. The Balaban J connectivity index is 1.55. The second-order valence-corrected chi connectivity index (χ2v) is 5.73. The molecule has 5 heteroatoms. The number of hydrogen-bond donors (Lipinski definition) is 1. The van der Waals surface area contributed by atoms with Crippen LogP contribution in [0.1, 0.15) is 19.8 Å². The summed E-state index contributed by atoms with van der Waals surface area (Å²) in [6.45, 7) is 4.90. The zero-order valence-corrected chi connectivity index (χ0v) is 12.4. The first-order chi connectivity index (χ1) is 10.2. The molecule has 1 aromatic rings. The third-order valence-electron chi connectivity index (χ3n) is 3.99. The molecule has 2 saturated heterocycles. The summed E-state index contributed by atoms with van der Waals surface area (Å²) >= 11 is 0. The molecule has 1 unspecified atom stereocenters. The number of nitrogens with one attached hydrogen (secondary N) is 1. The third-order valence-corrected chi connectivity index (χ3v) is 3.99. The van der Waals surface area contributed by atoms with Crippen molar-refractivity contribution in [2.45, 2.75) is 31.9 Å². The largest absolute Gasteiger partial charge is 0.488 e. The Labute approximate surface area is 125 Å². The van der Waals surface area contributed by atoms with Crippen LogP contribution in [0.5, 0.6) is 5.75 Å². The van der Waals surface area contributed by atoms with Crippen molar-refractivity contribution in [1.29, 1.82) is 0 Å². The van der Waals surface area contributed by atoms with Crippen LogP contribution in [0, 0.1) is 0 Å². The molecule has 114 valence electrons. The molecule has 0 aliphatic carbocycles. The van der Waals surface area contributed by atoms with Crippen LogP contribution in [0.2, 0.25) is 0 Å². The van der Waals surface area contributed by atoms with Crippen LogP contribution in [0.25, 0.3) is 0 Å². The highest BCUT2D eigenvalue weighted by molar-refractivity contribution is 5.73. The molecule has 2 aliphatic heterocycles. The van der Waals surface area contributed by atoms with E-state index in [-0.39, 0.29) is 18.1 Å². The van der Waals surface area contributed by atoms with Gasteiger partial charge in [-0.05, 0) is 30.7 Å². The summed E-state index contributed by atoms with van der Waals surface area (Å²) in [6.07, 6.45) is 2.15. The van der Waals surface area contributed by atoms with E-state index in [2.05, 4.69) is 22.3 Å². The van der Waals surface area contributed by atoms with Gasteiger partial charge in [0.05, 0.1) is 13.2 Å². The second-order valence-electron chi connectivity index (χ2n) is 5.73. The van der Waals surface area contributed by atoms with Gasteiger partial charge in [-0.3, -0.25) is 4.79 Å². The van der Waals surface area contributed by atoms with Crippen molar-refractivity contribution >= 4 is 11.6 Å². The van der Waals surface area contributed by atoms with Crippen molar-refractivity contribution in [3.63, 3.8) is 0 Å². The van der Waals surface area contributed by atoms with Gasteiger partial charge in [-0.2, -0.15) is 0 Å². The highest BCUT2D eigenvalue weighted by atomic mass is 16.5. The third kappa shape index (κ3) is 3.67. The van der Waals surface area contributed by atoms with Gasteiger partial charge in [0, 0.05) is 38.2 Å². The monoisotopic (exact) mass is 290 g/mol. The number of nitrogens with zero attached hydrogens (tertiary/aromatic N) is 1. The van der Waals surface area contributed by atoms with Crippen molar-refractivity contribution in [2.75, 3.05) is 31.2 Å². The predicted octanol–water partition coefficient (Wildman–Crippen LogP) is 1.57. The minimum atomic E-state index is 0.0457. The Morgan fingerprint density at radius 2 is 2.14 bits per heavy atom. The summed E-state index contributed by atoms with van der Waals surface area (Å²) in [5, 5.41) is 2.98. The first-order valence-electron chi connectivity index (χ1n) is 7.57. The number of carbonyl (C=O) groups is 1. The molecule has 2 heterocycles. The fraction of sp³-hybridized carbons (Fsp3) is 0.562. The van der Waals surface area contributed by atoms with Crippen LogP contribution in [0.15, 0.2) is 24.3 Å². The van der Waals surface area contributed by atoms with E-state index in [1.807, 2.05) is 12.1 Å². The van der Waals surface area contributed by atoms with Crippen LogP contribution >= 0.6 is 0 Å². The zero-order valence-electron chi connectivity index (χ0n) is 12.4. The maximum atomic E-state index is 11.1. The maximum absolute atomic E-state index is 11.1. The highest BCUT2D eigenvalue weighted by Gasteiger charge is 2.23. The number of amides is 1. The number of hydrogen-bond acceptors (Lipinski definition) is 4. The number of rotatable bonds is 4. The lowest BCUT2D eigenvalue weighted by molar-refractivity contribution is -0.119. The minimum absolute atomic E-state index is 0.0457. The molecule has 2 aliphatic rings. The average molecular weight is 290 g/mol. The quantitative estimate of drug-likeness (QED) is 0.914. The van der Waals surface area contributed by atoms with Gasteiger partial charge in [0.15, 0.2) is 0 Å². The molecule has 2 atom stereocenters. The molecular formula is C16H22N2O3. The standard InChI is InChI=1S/C16H22N2O3/c1-12(19)17-13-6-8-18(10-13)14-2-4-15(5-3-14)21-16-7-9-20-11-16/h2-5,13,16H,6-11H2,1H3,(H,17,19)/t13?,16-/m0/s1. The Kier molecular flexibility index (Phi) is 4.29. The first-order valence-corrected chi connectivity index (χ1v) is 7.57. The van der Waals surface area contributed by atoms with E-state index in [4.69, 9.17) is 9.47 Å². The van der Waals surface area contributed by atoms with Crippen molar-refractivity contribution < 1.29 is 14.3 Å². The summed E-state index contributed by atoms with van der Waals surface area (Å²) in [5.74, 6) is 0.941. The van der Waals surface area contributed by atoms with Crippen LogP contribution in [-0.4, -0.2) is 44.4 Å². The molecule has 1 aromatic carbocycles. The lowest BCUT2D eigenvalue weighted by Gasteiger charge is -2.19. The lowest BCUT2D eigenvalue weighted by Crippen LogP contribution is -2.35. The SMILES string of the molecule is CC(=O)NC1CCN(c2ccc(O[C@H]3CCOC3)cc2)C1. The lowest BCUT2D eigenvalue weighted by atomic mass is 10.2. The first kappa shape index (κ1) is 14.2. The van der Waals surface area contributed by atoms with Gasteiger partial charge in [-0.1, -0.05) is 0 Å². The summed E-state index contributed by atoms with van der Waals surface area (Å²) in [6, 6.07) is 8.45. The van der Waals surface area contributed by atoms with Crippen molar-refractivity contribution in [3.8, 4) is 5.75 Å². The average Bonchev–Trinajstić information content (AvgIpc) is 3.11. The van der Waals surface area contributed by atoms with E-state index in [0.29, 0.717) is 6.61 Å². The fourth-order valence-corrected chi connectivity index (χ4v) is 2.93. The van der Waals surface area contributed by atoms with Crippen LogP contribution in [0.4, 0.5) is 5.69 Å². The Bertz CT molecular complexity index is 483. The number of benzene rings is 1. The summed E-state index contributed by atoms with van der Waals surface area (Å²) in [5.41, 5.74) is 1.18. The van der Waals surface area contributed by atoms with E-state index >= 15 is 0 Å². The highest BCUT2D eigenvalue weighted by Crippen LogP contribution is 2.24. The summed E-state index contributed by atoms with van der Waals surface area (Å²) in [4.78, 5) is 13.4. The molecule has 0 saturated carbocycles. The van der Waals surface area contributed by atoms with Crippen LogP contribution in [0.3, 0.4) is 0 Å². The molecular weight excluding hydrogens is 268 g/mol. The number of carbonyl (C=O) groups excluding carboxylic acids is 1. The van der Waals surface area contributed by atoms with Gasteiger partial charge in [0.2, 0.25) is 5.91 Å². The second kappa shape index (κ2) is 6.35. The van der Waals surface area contributed by atoms with E-state index < -0.39 is 0 Å². The number of anilines is 1. The molecule has 21 heavy (non-hydrogen) atoms. The minimum Gasteiger partial charge on any atom is -0.488 e. The Morgan fingerprint density at radius 1 is 1.33 bits per heavy atom. The molecule has 0 radical (unpaired) electrons. The van der Waals surface area contributed by atoms with E-state index in [1.165, 1.54) is 5.69 Å². The topological polar surface area (TPSA) is 50.8 Å². The molecule has 2 fully saturated rings. The van der Waals surface area contributed by atoms with Gasteiger partial charge in [0.1, 0.15) is 11.9 Å². The summed E-state index contributed by atoms with van der Waals surface area (Å²) < 4.78 is 11.2. The normalized spacial score (nSPS) is 25.1. The van der Waals surface area contributed by atoms with E-state index in [9.17, 15) is 4.79 Å². The van der Waals surface area contributed by atoms with Gasteiger partial charge in [0.25, 0.3) is 0 Å². The van der Waals surface area contributed by atoms with Gasteiger partial charge < -0.3 is 19.7 Å². The molecule has 1 amide bonds. The molecule has 0 aromatic heterocycles. The van der Waals surface area contributed by atoms with E-state index in [1.54, 1.807) is 6.92 Å². The van der Waals surface area contributed by atoms with Crippen molar-refractivity contribution in [2.24, 2.45) is 0 Å². The molecule has 0 spiro atoms. The van der Waals surface area contributed by atoms with E-state index in [0.717, 1.165) is 38.3 Å². The molecule has 1 N–H and O–H groups in total. The van der Waals surface area contributed by atoms with Crippen LogP contribution in [-0.2, 0) is 9.53 Å². The van der Waals surface area contributed by atoms with Crippen LogP contribution < -0.4 is 15.0 Å². The molecule has 3 rings (SSSR count). The van der Waals surface area contributed by atoms with Gasteiger partial charge in [-0.15, -0.1) is 0 Å². The molecule has 0 bridgehead atoms. The van der Waals surface area contributed by atoms with Crippen molar-refractivity contribution in [3.05, 3.63) is 24.3 Å².